The summed E-state index contributed by atoms with van der Waals surface area (Å²) in [4.78, 5) is 14.0. The van der Waals surface area contributed by atoms with Gasteiger partial charge in [-0.3, -0.25) is 4.79 Å². The van der Waals surface area contributed by atoms with Crippen molar-refractivity contribution in [3.8, 4) is 0 Å². The molecular weight excluding hydrogens is 238 g/mol. The summed E-state index contributed by atoms with van der Waals surface area (Å²) in [5.74, 6) is -0.215. The molecule has 0 radical (unpaired) electrons. The number of nitrogens with one attached hydrogen (secondary N) is 1. The van der Waals surface area contributed by atoms with Gasteiger partial charge >= 0.3 is 0 Å². The van der Waals surface area contributed by atoms with Crippen LogP contribution in [0.2, 0.25) is 0 Å². The highest BCUT2D eigenvalue weighted by Gasteiger charge is 2.22. The molecule has 1 unspecified atom stereocenters. The molecule has 112 valence electrons. The maximum Gasteiger partial charge on any atom is 0.234 e. The van der Waals surface area contributed by atoms with Crippen LogP contribution in [0.1, 0.15) is 58.8 Å². The van der Waals surface area contributed by atoms with Crippen LogP contribution < -0.4 is 11.1 Å². The van der Waals surface area contributed by atoms with E-state index in [4.69, 9.17) is 5.73 Å². The SMILES string of the molecule is CCCNC(CCN(CC)C1CCCCC1)C(N)=O. The van der Waals surface area contributed by atoms with Gasteiger partial charge in [-0.1, -0.05) is 33.1 Å². The minimum Gasteiger partial charge on any atom is -0.368 e. The molecule has 1 fully saturated rings. The number of hydrogen-bond acceptors (Lipinski definition) is 3. The molecule has 3 N–H and O–H groups in total. The van der Waals surface area contributed by atoms with Crippen molar-refractivity contribution in [1.82, 2.24) is 10.2 Å². The molecule has 0 aromatic heterocycles. The number of nitrogens with zero attached hydrogens (tertiary/aromatic N) is 1. The fraction of sp³-hybridized carbons (Fsp3) is 0.933. The normalized spacial score (nSPS) is 18.7. The number of amides is 1. The molecule has 4 nitrogen and oxygen atoms in total. The Kier molecular flexibility index (Phi) is 8.07. The largest absolute Gasteiger partial charge is 0.368 e. The number of primary amides is 1. The first-order valence-electron chi connectivity index (χ1n) is 7.95. The molecule has 0 spiro atoms. The Labute approximate surface area is 118 Å². The van der Waals surface area contributed by atoms with E-state index >= 15 is 0 Å². The van der Waals surface area contributed by atoms with Crippen LogP contribution in [0.5, 0.6) is 0 Å². The summed E-state index contributed by atoms with van der Waals surface area (Å²) < 4.78 is 0. The molecule has 0 aliphatic heterocycles. The molecule has 0 bridgehead atoms. The van der Waals surface area contributed by atoms with Gasteiger partial charge in [0.1, 0.15) is 0 Å². The summed E-state index contributed by atoms with van der Waals surface area (Å²) >= 11 is 0. The molecule has 0 heterocycles. The van der Waals surface area contributed by atoms with Crippen molar-refractivity contribution in [2.24, 2.45) is 5.73 Å². The van der Waals surface area contributed by atoms with E-state index in [1.54, 1.807) is 0 Å². The van der Waals surface area contributed by atoms with Gasteiger partial charge in [-0.15, -0.1) is 0 Å². The third-order valence-corrected chi connectivity index (χ3v) is 4.19. The molecule has 1 rings (SSSR count). The predicted octanol–water partition coefficient (Wildman–Crippen LogP) is 1.88. The lowest BCUT2D eigenvalue weighted by atomic mass is 9.94. The molecule has 0 aromatic carbocycles. The number of nitrogens with two attached hydrogens (primary N) is 1. The van der Waals surface area contributed by atoms with Crippen LogP contribution in [0.25, 0.3) is 0 Å². The highest BCUT2D eigenvalue weighted by Crippen LogP contribution is 2.22. The van der Waals surface area contributed by atoms with Crippen molar-refractivity contribution in [2.75, 3.05) is 19.6 Å². The average molecular weight is 269 g/mol. The Balaban J connectivity index is 2.38. The second kappa shape index (κ2) is 9.32. The summed E-state index contributed by atoms with van der Waals surface area (Å²) in [6, 6.07) is 0.552. The monoisotopic (exact) mass is 269 g/mol. The van der Waals surface area contributed by atoms with Crippen molar-refractivity contribution in [1.29, 1.82) is 0 Å². The number of carbonyl (C=O) groups excluding carboxylic acids is 1. The Morgan fingerprint density at radius 3 is 2.53 bits per heavy atom. The first-order valence-corrected chi connectivity index (χ1v) is 7.95. The number of hydrogen-bond donors (Lipinski definition) is 2. The standard InChI is InChI=1S/C15H31N3O/c1-3-11-17-14(15(16)19)10-12-18(4-2)13-8-6-5-7-9-13/h13-14,17H,3-12H2,1-2H3,(H2,16,19). The van der Waals surface area contributed by atoms with Crippen LogP contribution in [0.4, 0.5) is 0 Å². The number of carbonyl (C=O) groups is 1. The third-order valence-electron chi connectivity index (χ3n) is 4.19. The van der Waals surface area contributed by atoms with Crippen LogP contribution in [-0.2, 0) is 4.79 Å². The van der Waals surface area contributed by atoms with Gasteiger partial charge in [0.15, 0.2) is 0 Å². The third kappa shape index (κ3) is 5.91. The van der Waals surface area contributed by atoms with Gasteiger partial charge in [0, 0.05) is 12.6 Å². The van der Waals surface area contributed by atoms with Gasteiger partial charge in [-0.25, -0.2) is 0 Å². The molecule has 1 atom stereocenters. The van der Waals surface area contributed by atoms with Crippen molar-refractivity contribution < 1.29 is 4.79 Å². The quantitative estimate of drug-likeness (QED) is 0.672. The van der Waals surface area contributed by atoms with Crippen LogP contribution in [0.3, 0.4) is 0 Å². The van der Waals surface area contributed by atoms with Gasteiger partial charge in [0.2, 0.25) is 5.91 Å². The van der Waals surface area contributed by atoms with E-state index in [9.17, 15) is 4.79 Å². The molecule has 1 aliphatic carbocycles. The molecule has 0 saturated heterocycles. The van der Waals surface area contributed by atoms with Crippen LogP contribution in [0.15, 0.2) is 0 Å². The van der Waals surface area contributed by atoms with Gasteiger partial charge in [0.05, 0.1) is 6.04 Å². The first-order chi connectivity index (χ1) is 9.19. The maximum atomic E-state index is 11.4. The fourth-order valence-corrected chi connectivity index (χ4v) is 3.00. The zero-order chi connectivity index (χ0) is 14.1. The second-order valence-electron chi connectivity index (χ2n) is 5.62. The van der Waals surface area contributed by atoms with Crippen LogP contribution >= 0.6 is 0 Å². The van der Waals surface area contributed by atoms with Crippen molar-refractivity contribution in [3.63, 3.8) is 0 Å². The molecular formula is C15H31N3O. The zero-order valence-corrected chi connectivity index (χ0v) is 12.7. The zero-order valence-electron chi connectivity index (χ0n) is 12.7. The Morgan fingerprint density at radius 1 is 1.32 bits per heavy atom. The molecule has 1 aliphatic rings. The summed E-state index contributed by atoms with van der Waals surface area (Å²) in [5.41, 5.74) is 5.46. The topological polar surface area (TPSA) is 58.4 Å². The van der Waals surface area contributed by atoms with E-state index in [0.717, 1.165) is 38.5 Å². The van der Waals surface area contributed by atoms with E-state index < -0.39 is 0 Å². The second-order valence-corrected chi connectivity index (χ2v) is 5.62. The van der Waals surface area contributed by atoms with Crippen molar-refractivity contribution in [3.05, 3.63) is 0 Å². The Hall–Kier alpha value is -0.610. The molecule has 19 heavy (non-hydrogen) atoms. The molecule has 1 saturated carbocycles. The van der Waals surface area contributed by atoms with E-state index in [1.165, 1.54) is 32.1 Å². The summed E-state index contributed by atoms with van der Waals surface area (Å²) in [7, 11) is 0. The van der Waals surface area contributed by atoms with E-state index in [0.29, 0.717) is 0 Å². The Morgan fingerprint density at radius 2 is 2.00 bits per heavy atom. The molecule has 4 heteroatoms. The highest BCUT2D eigenvalue weighted by molar-refractivity contribution is 5.79. The molecule has 1 amide bonds. The van der Waals surface area contributed by atoms with Crippen LogP contribution in [-0.4, -0.2) is 42.5 Å². The van der Waals surface area contributed by atoms with E-state index in [-0.39, 0.29) is 11.9 Å². The summed E-state index contributed by atoms with van der Waals surface area (Å²) in [6.45, 7) is 7.23. The van der Waals surface area contributed by atoms with Gasteiger partial charge < -0.3 is 16.0 Å². The lowest BCUT2D eigenvalue weighted by molar-refractivity contribution is -0.120. The predicted molar refractivity (Wildman–Crippen MR) is 80.0 cm³/mol. The average Bonchev–Trinajstić information content (AvgIpc) is 2.43. The van der Waals surface area contributed by atoms with Gasteiger partial charge in [0.25, 0.3) is 0 Å². The lowest BCUT2D eigenvalue weighted by Crippen LogP contribution is -2.45. The summed E-state index contributed by atoms with van der Waals surface area (Å²) in [6.07, 6.45) is 8.59. The number of rotatable bonds is 9. The highest BCUT2D eigenvalue weighted by atomic mass is 16.1. The van der Waals surface area contributed by atoms with Gasteiger partial charge in [-0.05, 0) is 38.8 Å². The first kappa shape index (κ1) is 16.4. The smallest absolute Gasteiger partial charge is 0.234 e. The summed E-state index contributed by atoms with van der Waals surface area (Å²) in [5, 5.41) is 3.25. The fourth-order valence-electron chi connectivity index (χ4n) is 3.00. The Bertz CT molecular complexity index is 252. The minimum atomic E-state index is -0.215. The van der Waals surface area contributed by atoms with E-state index in [1.807, 2.05) is 0 Å². The van der Waals surface area contributed by atoms with Crippen molar-refractivity contribution >= 4 is 5.91 Å². The molecule has 0 aromatic rings. The van der Waals surface area contributed by atoms with Crippen molar-refractivity contribution in [2.45, 2.75) is 70.9 Å². The van der Waals surface area contributed by atoms with E-state index in [2.05, 4.69) is 24.1 Å². The van der Waals surface area contributed by atoms with Gasteiger partial charge in [-0.2, -0.15) is 0 Å². The lowest BCUT2D eigenvalue weighted by Gasteiger charge is -2.34. The minimum absolute atomic E-state index is 0.169. The van der Waals surface area contributed by atoms with Crippen LogP contribution in [0, 0.1) is 0 Å². The maximum absolute atomic E-state index is 11.4.